The van der Waals surface area contributed by atoms with Crippen molar-refractivity contribution in [2.45, 2.75) is 26.2 Å². The predicted octanol–water partition coefficient (Wildman–Crippen LogP) is 4.63. The van der Waals surface area contributed by atoms with Gasteiger partial charge in [0, 0.05) is 24.0 Å². The number of hydrogen-bond acceptors (Lipinski definition) is 7. The first-order valence-corrected chi connectivity index (χ1v) is 11.4. The molecule has 0 aliphatic carbocycles. The molecule has 2 aromatic rings. The Balaban J connectivity index is 1.66. The summed E-state index contributed by atoms with van der Waals surface area (Å²) in [6, 6.07) is 3.52. The number of thiophene rings is 1. The smallest absolute Gasteiger partial charge is 0.341 e. The first kappa shape index (κ1) is 20.9. The van der Waals surface area contributed by atoms with Gasteiger partial charge in [0.2, 0.25) is 5.91 Å². The highest BCUT2D eigenvalue weighted by molar-refractivity contribution is 8.23. The summed E-state index contributed by atoms with van der Waals surface area (Å²) in [5, 5.41) is 5.07. The Morgan fingerprint density at radius 3 is 2.82 bits per heavy atom. The number of carbonyl (C=O) groups is 2. The second-order valence-electron chi connectivity index (χ2n) is 6.20. The molecule has 3 heterocycles. The molecule has 1 aliphatic heterocycles. The number of rotatable bonds is 6. The molecule has 9 heteroatoms. The average molecular weight is 439 g/mol. The van der Waals surface area contributed by atoms with Gasteiger partial charge in [-0.3, -0.25) is 4.79 Å². The molecule has 2 aromatic heterocycles. The highest BCUT2D eigenvalue weighted by Crippen LogP contribution is 2.36. The summed E-state index contributed by atoms with van der Waals surface area (Å²) in [4.78, 5) is 27.1. The van der Waals surface area contributed by atoms with Crippen LogP contribution in [0.5, 0.6) is 0 Å². The van der Waals surface area contributed by atoms with Crippen LogP contribution in [0.4, 0.5) is 5.00 Å². The maximum absolute atomic E-state index is 12.5. The van der Waals surface area contributed by atoms with Crippen LogP contribution in [-0.2, 0) is 9.53 Å². The van der Waals surface area contributed by atoms with Gasteiger partial charge in [-0.2, -0.15) is 0 Å². The number of carbonyl (C=O) groups excluding carboxylic acids is 2. The van der Waals surface area contributed by atoms with Crippen molar-refractivity contribution in [3.63, 3.8) is 0 Å². The fraction of sp³-hybridized carbons (Fsp3) is 0.421. The average Bonchev–Trinajstić information content (AvgIpc) is 3.36. The van der Waals surface area contributed by atoms with Crippen molar-refractivity contribution in [1.82, 2.24) is 4.90 Å². The lowest BCUT2D eigenvalue weighted by Crippen LogP contribution is -2.33. The summed E-state index contributed by atoms with van der Waals surface area (Å²) >= 11 is 8.07. The van der Waals surface area contributed by atoms with E-state index < -0.39 is 5.97 Å². The van der Waals surface area contributed by atoms with Crippen molar-refractivity contribution in [1.29, 1.82) is 0 Å². The van der Waals surface area contributed by atoms with Gasteiger partial charge in [0.15, 0.2) is 0 Å². The Kier molecular flexibility index (Phi) is 7.52. The third kappa shape index (κ3) is 5.15. The molecule has 0 unspecified atom stereocenters. The Bertz CT molecular complexity index is 826. The van der Waals surface area contributed by atoms with E-state index in [4.69, 9.17) is 21.4 Å². The third-order valence-corrected chi connectivity index (χ3v) is 6.67. The van der Waals surface area contributed by atoms with Crippen molar-refractivity contribution < 1.29 is 18.7 Å². The minimum Gasteiger partial charge on any atom is -0.464 e. The van der Waals surface area contributed by atoms with Crippen molar-refractivity contribution in [2.24, 2.45) is 0 Å². The first-order valence-electron chi connectivity index (χ1n) is 9.14. The van der Waals surface area contributed by atoms with E-state index in [9.17, 15) is 9.59 Å². The molecular formula is C19H22N2O4S3. The zero-order chi connectivity index (χ0) is 19.9. The van der Waals surface area contributed by atoms with Crippen molar-refractivity contribution in [2.75, 3.05) is 30.8 Å². The SMILES string of the molecule is CCOC(=O)c1c(-c2ccco2)csc1NC(=O)CSC(=S)N1CCCCC1. The fourth-order valence-electron chi connectivity index (χ4n) is 2.93. The van der Waals surface area contributed by atoms with Crippen LogP contribution < -0.4 is 5.32 Å². The lowest BCUT2D eigenvalue weighted by Gasteiger charge is -2.28. The zero-order valence-corrected chi connectivity index (χ0v) is 18.0. The molecule has 0 saturated carbocycles. The van der Waals surface area contributed by atoms with Crippen molar-refractivity contribution >= 4 is 56.5 Å². The molecule has 1 aliphatic rings. The minimum atomic E-state index is -0.484. The number of esters is 1. The van der Waals surface area contributed by atoms with Crippen LogP contribution in [0.1, 0.15) is 36.5 Å². The highest BCUT2D eigenvalue weighted by Gasteiger charge is 2.24. The van der Waals surface area contributed by atoms with Gasteiger partial charge < -0.3 is 19.4 Å². The van der Waals surface area contributed by atoms with Gasteiger partial charge >= 0.3 is 5.97 Å². The van der Waals surface area contributed by atoms with E-state index in [1.807, 2.05) is 0 Å². The summed E-state index contributed by atoms with van der Waals surface area (Å²) in [5.41, 5.74) is 0.930. The second kappa shape index (κ2) is 10.1. The molecular weight excluding hydrogens is 416 g/mol. The van der Waals surface area contributed by atoms with Gasteiger partial charge in [0.25, 0.3) is 0 Å². The van der Waals surface area contributed by atoms with E-state index in [1.165, 1.54) is 29.5 Å². The van der Waals surface area contributed by atoms with Gasteiger partial charge in [-0.15, -0.1) is 11.3 Å². The molecule has 1 fully saturated rings. The van der Waals surface area contributed by atoms with Crippen LogP contribution in [0.3, 0.4) is 0 Å². The molecule has 28 heavy (non-hydrogen) atoms. The number of likely N-dealkylation sites (tertiary alicyclic amines) is 1. The summed E-state index contributed by atoms with van der Waals surface area (Å²) in [5.74, 6) is 0.0659. The van der Waals surface area contributed by atoms with Gasteiger partial charge in [-0.25, -0.2) is 4.79 Å². The van der Waals surface area contributed by atoms with Crippen LogP contribution in [0.2, 0.25) is 0 Å². The predicted molar refractivity (Wildman–Crippen MR) is 117 cm³/mol. The molecule has 6 nitrogen and oxygen atoms in total. The van der Waals surface area contributed by atoms with Gasteiger partial charge in [0.05, 0.1) is 18.6 Å². The first-order chi connectivity index (χ1) is 13.6. The van der Waals surface area contributed by atoms with Gasteiger partial charge in [0.1, 0.15) is 20.6 Å². The number of ether oxygens (including phenoxy) is 1. The van der Waals surface area contributed by atoms with E-state index in [2.05, 4.69) is 10.2 Å². The number of amides is 1. The van der Waals surface area contributed by atoms with E-state index in [0.717, 1.165) is 30.3 Å². The summed E-state index contributed by atoms with van der Waals surface area (Å²) in [6.45, 7) is 3.91. The number of furan rings is 1. The normalized spacial score (nSPS) is 14.0. The lowest BCUT2D eigenvalue weighted by atomic mass is 10.1. The summed E-state index contributed by atoms with van der Waals surface area (Å²) in [7, 11) is 0. The molecule has 150 valence electrons. The van der Waals surface area contributed by atoms with Crippen LogP contribution in [0, 0.1) is 0 Å². The Morgan fingerprint density at radius 2 is 2.14 bits per heavy atom. The third-order valence-electron chi connectivity index (χ3n) is 4.25. The fourth-order valence-corrected chi connectivity index (χ4v) is 4.93. The maximum atomic E-state index is 12.5. The number of nitrogens with one attached hydrogen (secondary N) is 1. The molecule has 0 bridgehead atoms. The standard InChI is InChI=1S/C19H22N2O4S3/c1-2-24-18(23)16-13(14-7-6-10-25-14)11-27-17(16)20-15(22)12-28-19(26)21-8-4-3-5-9-21/h6-7,10-11H,2-5,8-9,12H2,1H3,(H,20,22). The van der Waals surface area contributed by atoms with E-state index in [0.29, 0.717) is 21.9 Å². The molecule has 1 N–H and O–H groups in total. The summed E-state index contributed by atoms with van der Waals surface area (Å²) in [6.07, 6.45) is 5.05. The molecule has 1 amide bonds. The molecule has 0 atom stereocenters. The lowest BCUT2D eigenvalue weighted by molar-refractivity contribution is -0.113. The number of thiocarbonyl (C=S) groups is 1. The second-order valence-corrected chi connectivity index (χ2v) is 8.69. The summed E-state index contributed by atoms with van der Waals surface area (Å²) < 4.78 is 11.3. The van der Waals surface area contributed by atoms with Crippen molar-refractivity contribution in [3.8, 4) is 11.3 Å². The highest BCUT2D eigenvalue weighted by atomic mass is 32.2. The van der Waals surface area contributed by atoms with Crippen LogP contribution in [-0.4, -0.2) is 46.5 Å². The number of hydrogen-bond donors (Lipinski definition) is 1. The van der Waals surface area contributed by atoms with Crippen LogP contribution >= 0.6 is 35.3 Å². The number of piperidine rings is 1. The Morgan fingerprint density at radius 1 is 1.36 bits per heavy atom. The minimum absolute atomic E-state index is 0.200. The van der Waals surface area contributed by atoms with E-state index in [1.54, 1.807) is 30.7 Å². The number of anilines is 1. The topological polar surface area (TPSA) is 71.8 Å². The number of thioether (sulfide) groups is 1. The largest absolute Gasteiger partial charge is 0.464 e. The molecule has 0 aromatic carbocycles. The van der Waals surface area contributed by atoms with Crippen LogP contribution in [0.25, 0.3) is 11.3 Å². The zero-order valence-electron chi connectivity index (χ0n) is 15.6. The molecule has 0 radical (unpaired) electrons. The van der Waals surface area contributed by atoms with Crippen LogP contribution in [0.15, 0.2) is 28.2 Å². The van der Waals surface area contributed by atoms with Gasteiger partial charge in [-0.05, 0) is 38.3 Å². The van der Waals surface area contributed by atoms with E-state index in [-0.39, 0.29) is 18.3 Å². The quantitative estimate of drug-likeness (QED) is 0.521. The molecule has 3 rings (SSSR count). The Labute approximate surface area is 177 Å². The molecule has 1 saturated heterocycles. The number of nitrogens with zero attached hydrogens (tertiary/aromatic N) is 1. The Hall–Kier alpha value is -1.84. The molecule has 0 spiro atoms. The van der Waals surface area contributed by atoms with Crippen molar-refractivity contribution in [3.05, 3.63) is 29.3 Å². The monoisotopic (exact) mass is 438 g/mol. The van der Waals surface area contributed by atoms with E-state index >= 15 is 0 Å². The van der Waals surface area contributed by atoms with Gasteiger partial charge in [-0.1, -0.05) is 24.0 Å². The maximum Gasteiger partial charge on any atom is 0.341 e.